The maximum atomic E-state index is 14.4. The molecule has 4 rings (SSSR count). The number of hydrogen-bond donors (Lipinski definition) is 1. The Bertz CT molecular complexity index is 1620. The van der Waals surface area contributed by atoms with Gasteiger partial charge in [-0.2, -0.15) is 0 Å². The molecule has 3 aromatic carbocycles. The van der Waals surface area contributed by atoms with Gasteiger partial charge in [0.05, 0.1) is 31.9 Å². The summed E-state index contributed by atoms with van der Waals surface area (Å²) in [5.41, 5.74) is 2.75. The SMILES string of the molecule is COc1cccc(CN(C(=O)CN(c2cc(C)cc(C)c2)S(=O)(=O)c2ccc(OC)c(OC)c2)C(C)C(=O)NC2CCCCC2)c1. The summed E-state index contributed by atoms with van der Waals surface area (Å²) in [5, 5.41) is 3.13. The van der Waals surface area contributed by atoms with Crippen molar-refractivity contribution in [3.05, 3.63) is 77.4 Å². The minimum Gasteiger partial charge on any atom is -0.497 e. The standard InChI is InChI=1S/C35H45N3O7S/c1-24-17-25(2)19-29(18-24)38(46(41,42)31-15-16-32(44-5)33(21-31)45-6)23-34(39)37(22-27-11-10-14-30(20-27)43-4)26(3)35(40)36-28-12-8-7-9-13-28/h10-11,14-21,26,28H,7-9,12-13,22-23H2,1-6H3,(H,36,40). The molecule has 3 aromatic rings. The molecule has 0 spiro atoms. The third-order valence-electron chi connectivity index (χ3n) is 8.32. The van der Waals surface area contributed by atoms with Gasteiger partial charge in [0.2, 0.25) is 11.8 Å². The fourth-order valence-corrected chi connectivity index (χ4v) is 7.26. The van der Waals surface area contributed by atoms with Gasteiger partial charge >= 0.3 is 0 Å². The van der Waals surface area contributed by atoms with E-state index in [9.17, 15) is 18.0 Å². The van der Waals surface area contributed by atoms with Crippen LogP contribution in [0.15, 0.2) is 65.6 Å². The van der Waals surface area contributed by atoms with Crippen molar-refractivity contribution in [1.82, 2.24) is 10.2 Å². The number of carbonyl (C=O) groups excluding carboxylic acids is 2. The largest absolute Gasteiger partial charge is 0.497 e. The normalized spacial score (nSPS) is 14.2. The number of nitrogens with one attached hydrogen (secondary N) is 1. The lowest BCUT2D eigenvalue weighted by Gasteiger charge is -2.33. The van der Waals surface area contributed by atoms with Crippen molar-refractivity contribution in [3.8, 4) is 17.2 Å². The fourth-order valence-electron chi connectivity index (χ4n) is 5.85. The molecule has 0 heterocycles. The lowest BCUT2D eigenvalue weighted by molar-refractivity contribution is -0.139. The average Bonchev–Trinajstić information content (AvgIpc) is 3.05. The summed E-state index contributed by atoms with van der Waals surface area (Å²) in [4.78, 5) is 29.3. The summed E-state index contributed by atoms with van der Waals surface area (Å²) in [6.07, 6.45) is 5.03. The van der Waals surface area contributed by atoms with Crippen molar-refractivity contribution >= 4 is 27.5 Å². The minimum atomic E-state index is -4.30. The number of nitrogens with zero attached hydrogens (tertiary/aromatic N) is 2. The zero-order valence-electron chi connectivity index (χ0n) is 27.5. The summed E-state index contributed by atoms with van der Waals surface area (Å²) in [6.45, 7) is 4.95. The molecule has 1 atom stereocenters. The van der Waals surface area contributed by atoms with Gasteiger partial charge in [0.25, 0.3) is 10.0 Å². The summed E-state index contributed by atoms with van der Waals surface area (Å²) in [7, 11) is 0.156. The van der Waals surface area contributed by atoms with Gasteiger partial charge in [-0.1, -0.05) is 37.5 Å². The molecule has 46 heavy (non-hydrogen) atoms. The molecule has 0 saturated heterocycles. The second-order valence-corrected chi connectivity index (χ2v) is 13.6. The van der Waals surface area contributed by atoms with E-state index in [1.807, 2.05) is 32.0 Å². The molecule has 10 nitrogen and oxygen atoms in total. The van der Waals surface area contributed by atoms with Crippen LogP contribution in [0.25, 0.3) is 0 Å². The van der Waals surface area contributed by atoms with Gasteiger partial charge in [-0.15, -0.1) is 0 Å². The molecule has 1 aliphatic rings. The Labute approximate surface area is 272 Å². The first-order valence-electron chi connectivity index (χ1n) is 15.5. The number of rotatable bonds is 13. The highest BCUT2D eigenvalue weighted by Crippen LogP contribution is 2.33. The van der Waals surface area contributed by atoms with Crippen molar-refractivity contribution < 1.29 is 32.2 Å². The predicted molar refractivity (Wildman–Crippen MR) is 178 cm³/mol. The van der Waals surface area contributed by atoms with Crippen LogP contribution in [-0.2, 0) is 26.2 Å². The van der Waals surface area contributed by atoms with Crippen LogP contribution in [-0.4, -0.2) is 65.1 Å². The second kappa shape index (κ2) is 15.4. The van der Waals surface area contributed by atoms with Crippen LogP contribution in [0.1, 0.15) is 55.7 Å². The predicted octanol–water partition coefficient (Wildman–Crippen LogP) is 5.39. The molecule has 0 radical (unpaired) electrons. The molecule has 0 aromatic heterocycles. The first kappa shape index (κ1) is 34.6. The average molecular weight is 652 g/mol. The molecule has 1 saturated carbocycles. The second-order valence-electron chi connectivity index (χ2n) is 11.8. The number of amides is 2. The lowest BCUT2D eigenvalue weighted by atomic mass is 9.95. The molecule has 1 N–H and O–H groups in total. The van der Waals surface area contributed by atoms with E-state index in [1.165, 1.54) is 37.3 Å². The van der Waals surface area contributed by atoms with Crippen molar-refractivity contribution in [2.24, 2.45) is 0 Å². The van der Waals surface area contributed by atoms with Gasteiger partial charge in [0.15, 0.2) is 11.5 Å². The molecular weight excluding hydrogens is 606 g/mol. The van der Waals surface area contributed by atoms with Crippen LogP contribution in [0, 0.1) is 13.8 Å². The van der Waals surface area contributed by atoms with E-state index in [0.717, 1.165) is 53.1 Å². The maximum Gasteiger partial charge on any atom is 0.264 e. The van der Waals surface area contributed by atoms with Gasteiger partial charge in [-0.05, 0) is 86.7 Å². The van der Waals surface area contributed by atoms with Crippen molar-refractivity contribution in [1.29, 1.82) is 0 Å². The van der Waals surface area contributed by atoms with E-state index in [0.29, 0.717) is 17.2 Å². The van der Waals surface area contributed by atoms with Crippen molar-refractivity contribution in [3.63, 3.8) is 0 Å². The molecular formula is C35H45N3O7S. The smallest absolute Gasteiger partial charge is 0.264 e. The van der Waals surface area contributed by atoms with E-state index in [2.05, 4.69) is 5.32 Å². The summed E-state index contributed by atoms with van der Waals surface area (Å²) in [6, 6.07) is 16.1. The summed E-state index contributed by atoms with van der Waals surface area (Å²) < 4.78 is 45.9. The Balaban J connectivity index is 1.74. The number of sulfonamides is 1. The van der Waals surface area contributed by atoms with Crippen LogP contribution in [0.3, 0.4) is 0 Å². The van der Waals surface area contributed by atoms with Gasteiger partial charge in [-0.25, -0.2) is 8.42 Å². The number of hydrogen-bond acceptors (Lipinski definition) is 7. The molecule has 11 heteroatoms. The van der Waals surface area contributed by atoms with Gasteiger partial charge in [0, 0.05) is 18.7 Å². The van der Waals surface area contributed by atoms with Gasteiger partial charge in [0.1, 0.15) is 18.3 Å². The number of methoxy groups -OCH3 is 3. The molecule has 2 amide bonds. The Morgan fingerprint density at radius 1 is 0.870 bits per heavy atom. The maximum absolute atomic E-state index is 14.4. The first-order valence-corrected chi connectivity index (χ1v) is 17.0. The first-order chi connectivity index (χ1) is 22.0. The van der Waals surface area contributed by atoms with Crippen LogP contribution in [0.2, 0.25) is 0 Å². The topological polar surface area (TPSA) is 114 Å². The van der Waals surface area contributed by atoms with E-state index < -0.39 is 28.5 Å². The highest BCUT2D eigenvalue weighted by Gasteiger charge is 2.34. The molecule has 248 valence electrons. The molecule has 1 aliphatic carbocycles. The number of ether oxygens (including phenoxy) is 3. The lowest BCUT2D eigenvalue weighted by Crippen LogP contribution is -2.53. The van der Waals surface area contributed by atoms with Crippen molar-refractivity contribution in [2.45, 2.75) is 76.4 Å². The number of anilines is 1. The zero-order valence-corrected chi connectivity index (χ0v) is 28.4. The highest BCUT2D eigenvalue weighted by atomic mass is 32.2. The number of benzene rings is 3. The molecule has 0 aliphatic heterocycles. The highest BCUT2D eigenvalue weighted by molar-refractivity contribution is 7.92. The molecule has 1 unspecified atom stereocenters. The Kier molecular flexibility index (Phi) is 11.6. The third kappa shape index (κ3) is 8.31. The van der Waals surface area contributed by atoms with Crippen LogP contribution in [0.4, 0.5) is 5.69 Å². The molecule has 1 fully saturated rings. The Morgan fingerprint density at radius 2 is 1.54 bits per heavy atom. The molecule has 0 bridgehead atoms. The third-order valence-corrected chi connectivity index (χ3v) is 10.1. The fraction of sp³-hybridized carbons (Fsp3) is 0.429. The number of carbonyl (C=O) groups is 2. The monoisotopic (exact) mass is 651 g/mol. The zero-order chi connectivity index (χ0) is 33.4. The van der Waals surface area contributed by atoms with Crippen LogP contribution in [0.5, 0.6) is 17.2 Å². The number of aryl methyl sites for hydroxylation is 2. The van der Waals surface area contributed by atoms with E-state index in [-0.39, 0.29) is 29.1 Å². The summed E-state index contributed by atoms with van der Waals surface area (Å²) in [5.74, 6) is 0.416. The minimum absolute atomic E-state index is 0.0506. The van der Waals surface area contributed by atoms with Gasteiger partial charge < -0.3 is 24.4 Å². The van der Waals surface area contributed by atoms with E-state index in [1.54, 1.807) is 38.3 Å². The van der Waals surface area contributed by atoms with E-state index >= 15 is 0 Å². The van der Waals surface area contributed by atoms with Crippen molar-refractivity contribution in [2.75, 3.05) is 32.2 Å². The quantitative estimate of drug-likeness (QED) is 0.264. The van der Waals surface area contributed by atoms with Crippen LogP contribution < -0.4 is 23.8 Å². The summed E-state index contributed by atoms with van der Waals surface area (Å²) >= 11 is 0. The Hall–Kier alpha value is -4.25. The van der Waals surface area contributed by atoms with E-state index in [4.69, 9.17) is 14.2 Å². The van der Waals surface area contributed by atoms with Gasteiger partial charge in [-0.3, -0.25) is 13.9 Å². The Morgan fingerprint density at radius 3 is 2.17 bits per heavy atom. The van der Waals surface area contributed by atoms with Crippen LogP contribution >= 0.6 is 0 Å².